The third kappa shape index (κ3) is 1.85. The van der Waals surface area contributed by atoms with Gasteiger partial charge in [-0.1, -0.05) is 12.1 Å². The van der Waals surface area contributed by atoms with E-state index in [0.717, 1.165) is 6.54 Å². The molecule has 1 saturated heterocycles. The summed E-state index contributed by atoms with van der Waals surface area (Å²) in [5.74, 6) is 0.706. The Morgan fingerprint density at radius 3 is 3.06 bits per heavy atom. The molecule has 1 aromatic carbocycles. The third-order valence-corrected chi connectivity index (χ3v) is 4.48. The van der Waals surface area contributed by atoms with Crippen LogP contribution in [0.5, 0.6) is 0 Å². The van der Waals surface area contributed by atoms with Gasteiger partial charge < -0.3 is 10.6 Å². The number of anilines is 1. The summed E-state index contributed by atoms with van der Waals surface area (Å²) in [4.78, 5) is 2.63. The molecule has 0 saturated carbocycles. The normalized spacial score (nSPS) is 27.5. The molecule has 2 heterocycles. The van der Waals surface area contributed by atoms with Gasteiger partial charge in [-0.3, -0.25) is 0 Å². The Morgan fingerprint density at radius 1 is 1.35 bits per heavy atom. The molecule has 2 aliphatic heterocycles. The number of aryl methyl sites for hydroxylation is 2. The molecule has 0 aliphatic carbocycles. The van der Waals surface area contributed by atoms with Crippen LogP contribution in [-0.2, 0) is 6.42 Å². The molecule has 0 aromatic heterocycles. The van der Waals surface area contributed by atoms with Gasteiger partial charge in [0.1, 0.15) is 0 Å². The van der Waals surface area contributed by atoms with Gasteiger partial charge in [0.05, 0.1) is 0 Å². The van der Waals surface area contributed by atoms with Crippen molar-refractivity contribution >= 4 is 5.69 Å². The molecule has 0 radical (unpaired) electrons. The van der Waals surface area contributed by atoms with E-state index in [0.29, 0.717) is 12.0 Å². The molecule has 3 rings (SSSR count). The number of rotatable bonds is 1. The van der Waals surface area contributed by atoms with Crippen LogP contribution in [0.1, 0.15) is 30.4 Å². The predicted octanol–water partition coefficient (Wildman–Crippen LogP) is 2.48. The number of fused-ring (bicyclic) bond motifs is 3. The third-order valence-electron chi connectivity index (χ3n) is 4.48. The van der Waals surface area contributed by atoms with Crippen molar-refractivity contribution in [3.05, 3.63) is 29.3 Å². The van der Waals surface area contributed by atoms with Crippen molar-refractivity contribution in [3.8, 4) is 0 Å². The van der Waals surface area contributed by atoms with Crippen molar-refractivity contribution in [3.63, 3.8) is 0 Å². The summed E-state index contributed by atoms with van der Waals surface area (Å²) in [5.41, 5.74) is 10.3. The molecule has 2 unspecified atom stereocenters. The van der Waals surface area contributed by atoms with Gasteiger partial charge in [0.2, 0.25) is 0 Å². The number of hydrogen-bond donors (Lipinski definition) is 1. The quantitative estimate of drug-likeness (QED) is 0.803. The van der Waals surface area contributed by atoms with Gasteiger partial charge >= 0.3 is 0 Å². The second-order valence-electron chi connectivity index (χ2n) is 5.57. The highest BCUT2D eigenvalue weighted by atomic mass is 15.2. The van der Waals surface area contributed by atoms with E-state index < -0.39 is 0 Å². The van der Waals surface area contributed by atoms with Crippen molar-refractivity contribution in [2.45, 2.75) is 38.6 Å². The van der Waals surface area contributed by atoms with Crippen LogP contribution < -0.4 is 10.6 Å². The Balaban J connectivity index is 1.97. The number of hydrogen-bond acceptors (Lipinski definition) is 2. The van der Waals surface area contributed by atoms with Crippen LogP contribution in [0.25, 0.3) is 0 Å². The minimum atomic E-state index is 0.697. The zero-order valence-corrected chi connectivity index (χ0v) is 10.7. The maximum Gasteiger partial charge on any atom is 0.0404 e. The van der Waals surface area contributed by atoms with Crippen LogP contribution in [-0.4, -0.2) is 19.1 Å². The van der Waals surface area contributed by atoms with Crippen molar-refractivity contribution in [2.24, 2.45) is 11.7 Å². The van der Waals surface area contributed by atoms with Gasteiger partial charge in [0.25, 0.3) is 0 Å². The fourth-order valence-corrected chi connectivity index (χ4v) is 3.56. The average molecular weight is 230 g/mol. The maximum atomic E-state index is 5.93. The van der Waals surface area contributed by atoms with Crippen LogP contribution in [0.2, 0.25) is 0 Å². The van der Waals surface area contributed by atoms with Crippen LogP contribution >= 0.6 is 0 Å². The van der Waals surface area contributed by atoms with E-state index in [-0.39, 0.29) is 0 Å². The van der Waals surface area contributed by atoms with Crippen LogP contribution in [0.4, 0.5) is 5.69 Å². The van der Waals surface area contributed by atoms with E-state index in [2.05, 4.69) is 30.0 Å². The second kappa shape index (κ2) is 4.34. The smallest absolute Gasteiger partial charge is 0.0404 e. The number of benzene rings is 1. The summed E-state index contributed by atoms with van der Waals surface area (Å²) in [6.07, 6.45) is 5.13. The first-order valence-corrected chi connectivity index (χ1v) is 6.86. The number of nitrogens with two attached hydrogens (primary N) is 1. The molecule has 2 aliphatic rings. The fourth-order valence-electron chi connectivity index (χ4n) is 3.56. The van der Waals surface area contributed by atoms with E-state index in [9.17, 15) is 0 Å². The molecule has 2 atom stereocenters. The van der Waals surface area contributed by atoms with Crippen molar-refractivity contribution in [2.75, 3.05) is 18.0 Å². The molecule has 0 bridgehead atoms. The summed E-state index contributed by atoms with van der Waals surface area (Å²) in [5, 5.41) is 0. The topological polar surface area (TPSA) is 29.3 Å². The van der Waals surface area contributed by atoms with Crippen molar-refractivity contribution < 1.29 is 0 Å². The van der Waals surface area contributed by atoms with Gasteiger partial charge in [-0.2, -0.15) is 0 Å². The SMILES string of the molecule is Cc1ccc2c(c1)N1CCCC(CN)C1CC2. The number of nitrogens with zero attached hydrogens (tertiary/aromatic N) is 1. The highest BCUT2D eigenvalue weighted by Gasteiger charge is 2.34. The van der Waals surface area contributed by atoms with Gasteiger partial charge in [0, 0.05) is 18.3 Å². The molecule has 92 valence electrons. The highest BCUT2D eigenvalue weighted by molar-refractivity contribution is 5.58. The lowest BCUT2D eigenvalue weighted by atomic mass is 9.81. The largest absolute Gasteiger partial charge is 0.368 e. The summed E-state index contributed by atoms with van der Waals surface area (Å²) >= 11 is 0. The highest BCUT2D eigenvalue weighted by Crippen LogP contribution is 2.37. The monoisotopic (exact) mass is 230 g/mol. The molecule has 1 fully saturated rings. The molecule has 2 heteroatoms. The first-order valence-electron chi connectivity index (χ1n) is 6.86. The summed E-state index contributed by atoms with van der Waals surface area (Å²) < 4.78 is 0. The second-order valence-corrected chi connectivity index (χ2v) is 5.57. The van der Waals surface area contributed by atoms with Gasteiger partial charge in [-0.25, -0.2) is 0 Å². The van der Waals surface area contributed by atoms with Crippen LogP contribution in [0.15, 0.2) is 18.2 Å². The van der Waals surface area contributed by atoms with E-state index in [1.807, 2.05) is 0 Å². The molecule has 1 aromatic rings. The van der Waals surface area contributed by atoms with E-state index in [1.165, 1.54) is 49.0 Å². The molecular formula is C15H22N2. The molecule has 2 N–H and O–H groups in total. The molecule has 0 amide bonds. The van der Waals surface area contributed by atoms with E-state index >= 15 is 0 Å². The fraction of sp³-hybridized carbons (Fsp3) is 0.600. The first kappa shape index (κ1) is 11.1. The van der Waals surface area contributed by atoms with Crippen molar-refractivity contribution in [1.29, 1.82) is 0 Å². The Bertz CT molecular complexity index is 413. The lowest BCUT2D eigenvalue weighted by molar-refractivity contribution is 0.306. The molecule has 0 spiro atoms. The Morgan fingerprint density at radius 2 is 2.24 bits per heavy atom. The van der Waals surface area contributed by atoms with Gasteiger partial charge in [0.15, 0.2) is 0 Å². The zero-order chi connectivity index (χ0) is 11.8. The van der Waals surface area contributed by atoms with Crippen LogP contribution in [0.3, 0.4) is 0 Å². The molecule has 2 nitrogen and oxygen atoms in total. The van der Waals surface area contributed by atoms with E-state index in [1.54, 1.807) is 0 Å². The Labute approximate surface area is 104 Å². The van der Waals surface area contributed by atoms with E-state index in [4.69, 9.17) is 5.73 Å². The minimum Gasteiger partial charge on any atom is -0.368 e. The summed E-state index contributed by atoms with van der Waals surface area (Å²) in [7, 11) is 0. The average Bonchev–Trinajstić information content (AvgIpc) is 2.37. The lowest BCUT2D eigenvalue weighted by Gasteiger charge is -2.46. The van der Waals surface area contributed by atoms with Gasteiger partial charge in [-0.05, 0) is 62.3 Å². The minimum absolute atomic E-state index is 0.697. The maximum absolute atomic E-state index is 5.93. The summed E-state index contributed by atoms with van der Waals surface area (Å²) in [6, 6.07) is 7.61. The summed E-state index contributed by atoms with van der Waals surface area (Å²) in [6.45, 7) is 4.26. The van der Waals surface area contributed by atoms with Crippen molar-refractivity contribution in [1.82, 2.24) is 0 Å². The van der Waals surface area contributed by atoms with Crippen LogP contribution in [0, 0.1) is 12.8 Å². The zero-order valence-electron chi connectivity index (χ0n) is 10.7. The molecule has 17 heavy (non-hydrogen) atoms. The predicted molar refractivity (Wildman–Crippen MR) is 72.4 cm³/mol. The Kier molecular flexibility index (Phi) is 2.83. The number of piperidine rings is 1. The van der Waals surface area contributed by atoms with Gasteiger partial charge in [-0.15, -0.1) is 0 Å². The molecular weight excluding hydrogens is 208 g/mol. The lowest BCUT2D eigenvalue weighted by Crippen LogP contribution is -2.50. The standard InChI is InChI=1S/C15H22N2/c1-11-4-5-12-6-7-14-13(10-16)3-2-8-17(14)15(12)9-11/h4-5,9,13-14H,2-3,6-8,10,16H2,1H3. The first-order chi connectivity index (χ1) is 8.29. The Hall–Kier alpha value is -1.02.